The first kappa shape index (κ1) is 18.5. The van der Waals surface area contributed by atoms with Gasteiger partial charge in [0.1, 0.15) is 17.5 Å². The molecule has 0 saturated heterocycles. The molecule has 1 fully saturated rings. The molecule has 1 saturated carbocycles. The summed E-state index contributed by atoms with van der Waals surface area (Å²) in [5.74, 6) is -2.70. The number of fused-ring (bicyclic) bond motifs is 2. The molecule has 0 aromatic carbocycles. The van der Waals surface area contributed by atoms with Gasteiger partial charge in [-0.3, -0.25) is 4.79 Å². The van der Waals surface area contributed by atoms with Gasteiger partial charge in [-0.1, -0.05) is 0 Å². The van der Waals surface area contributed by atoms with Crippen molar-refractivity contribution >= 4 is 29.0 Å². The fraction of sp³-hybridized carbons (Fsp3) is 0.474. The van der Waals surface area contributed by atoms with Crippen molar-refractivity contribution in [2.24, 2.45) is 0 Å². The van der Waals surface area contributed by atoms with Crippen LogP contribution in [0.25, 0.3) is 0 Å². The van der Waals surface area contributed by atoms with Gasteiger partial charge in [-0.05, 0) is 19.8 Å². The van der Waals surface area contributed by atoms with E-state index >= 15 is 0 Å². The summed E-state index contributed by atoms with van der Waals surface area (Å²) in [7, 11) is 0. The first-order valence-electron chi connectivity index (χ1n) is 9.29. The Morgan fingerprint density at radius 2 is 2.04 bits per heavy atom. The van der Waals surface area contributed by atoms with Crippen LogP contribution < -0.4 is 15.5 Å². The van der Waals surface area contributed by atoms with E-state index in [2.05, 4.69) is 25.6 Å². The Bertz CT molecular complexity index is 939. The Hall–Kier alpha value is -2.84. The molecule has 7 nitrogen and oxygen atoms in total. The quantitative estimate of drug-likeness (QED) is 0.815. The van der Waals surface area contributed by atoms with E-state index in [0.29, 0.717) is 30.5 Å². The van der Waals surface area contributed by atoms with E-state index in [1.165, 1.54) is 6.92 Å². The summed E-state index contributed by atoms with van der Waals surface area (Å²) in [5.41, 5.74) is 1.88. The SMILES string of the molecule is CCNc1cc(N2CC3(CC3)c3cnc(NC(C)=O)cc32)nc(C(C)(F)F)n1. The number of hydrogen-bond acceptors (Lipinski definition) is 6. The van der Waals surface area contributed by atoms with Gasteiger partial charge < -0.3 is 15.5 Å². The summed E-state index contributed by atoms with van der Waals surface area (Å²) in [6, 6.07) is 3.46. The molecule has 0 radical (unpaired) electrons. The molecule has 3 heterocycles. The minimum atomic E-state index is -3.15. The highest BCUT2D eigenvalue weighted by atomic mass is 19.3. The van der Waals surface area contributed by atoms with E-state index in [4.69, 9.17) is 0 Å². The van der Waals surface area contributed by atoms with Crippen molar-refractivity contribution in [1.82, 2.24) is 15.0 Å². The molecule has 2 aliphatic rings. The van der Waals surface area contributed by atoms with Gasteiger partial charge in [0.05, 0.1) is 5.69 Å². The monoisotopic (exact) mass is 388 g/mol. The summed E-state index contributed by atoms with van der Waals surface area (Å²) in [6.45, 7) is 5.28. The molecule has 1 aliphatic carbocycles. The van der Waals surface area contributed by atoms with Crippen LogP contribution in [-0.2, 0) is 16.1 Å². The number of amides is 1. The maximum atomic E-state index is 14.0. The van der Waals surface area contributed by atoms with E-state index in [1.807, 2.05) is 11.8 Å². The lowest BCUT2D eigenvalue weighted by molar-refractivity contribution is -0.114. The van der Waals surface area contributed by atoms with Gasteiger partial charge in [0, 0.05) is 56.2 Å². The van der Waals surface area contributed by atoms with Crippen molar-refractivity contribution in [3.63, 3.8) is 0 Å². The first-order chi connectivity index (χ1) is 13.2. The Balaban J connectivity index is 1.80. The van der Waals surface area contributed by atoms with Gasteiger partial charge in [-0.2, -0.15) is 8.78 Å². The average molecular weight is 388 g/mol. The summed E-state index contributed by atoms with van der Waals surface area (Å²) >= 11 is 0. The van der Waals surface area contributed by atoms with Crippen LogP contribution in [0, 0.1) is 0 Å². The zero-order valence-corrected chi connectivity index (χ0v) is 16.0. The number of halogens is 2. The fourth-order valence-corrected chi connectivity index (χ4v) is 3.62. The van der Waals surface area contributed by atoms with E-state index in [-0.39, 0.29) is 11.3 Å². The largest absolute Gasteiger partial charge is 0.370 e. The Morgan fingerprint density at radius 3 is 2.64 bits per heavy atom. The number of carbonyl (C=O) groups is 1. The smallest absolute Gasteiger partial charge is 0.303 e. The number of rotatable bonds is 5. The molecule has 0 atom stereocenters. The number of anilines is 4. The third-order valence-electron chi connectivity index (χ3n) is 5.10. The minimum Gasteiger partial charge on any atom is -0.370 e. The van der Waals surface area contributed by atoms with Crippen LogP contribution in [0.5, 0.6) is 0 Å². The van der Waals surface area contributed by atoms with Crippen LogP contribution in [0.3, 0.4) is 0 Å². The number of pyridine rings is 1. The van der Waals surface area contributed by atoms with Crippen molar-refractivity contribution < 1.29 is 13.6 Å². The summed E-state index contributed by atoms with van der Waals surface area (Å²) in [6.07, 6.45) is 3.80. The highest BCUT2D eigenvalue weighted by molar-refractivity contribution is 5.89. The van der Waals surface area contributed by atoms with Crippen LogP contribution in [0.15, 0.2) is 18.3 Å². The van der Waals surface area contributed by atoms with Crippen LogP contribution in [0.4, 0.5) is 31.9 Å². The number of aromatic nitrogens is 3. The molecule has 4 rings (SSSR count). The van der Waals surface area contributed by atoms with Crippen molar-refractivity contribution in [2.75, 3.05) is 28.6 Å². The van der Waals surface area contributed by atoms with Gasteiger partial charge in [0.15, 0.2) is 0 Å². The molecular weight excluding hydrogens is 366 g/mol. The number of nitrogens with zero attached hydrogens (tertiary/aromatic N) is 4. The highest BCUT2D eigenvalue weighted by Crippen LogP contribution is 2.58. The van der Waals surface area contributed by atoms with Crippen LogP contribution in [0.2, 0.25) is 0 Å². The van der Waals surface area contributed by atoms with E-state index in [0.717, 1.165) is 31.0 Å². The minimum absolute atomic E-state index is 0.0186. The average Bonchev–Trinajstić information content (AvgIpc) is 3.31. The predicted octanol–water partition coefficient (Wildman–Crippen LogP) is 3.56. The third kappa shape index (κ3) is 3.25. The summed E-state index contributed by atoms with van der Waals surface area (Å²) < 4.78 is 28.0. The van der Waals surface area contributed by atoms with Crippen LogP contribution >= 0.6 is 0 Å². The lowest BCUT2D eigenvalue weighted by Crippen LogP contribution is -2.23. The second-order valence-electron chi connectivity index (χ2n) is 7.49. The molecule has 148 valence electrons. The van der Waals surface area contributed by atoms with Gasteiger partial charge in [0.2, 0.25) is 11.7 Å². The summed E-state index contributed by atoms with van der Waals surface area (Å²) in [5, 5.41) is 5.68. The van der Waals surface area contributed by atoms with E-state index in [9.17, 15) is 13.6 Å². The first-order valence-corrected chi connectivity index (χ1v) is 9.29. The van der Waals surface area contributed by atoms with Crippen molar-refractivity contribution in [3.8, 4) is 0 Å². The van der Waals surface area contributed by atoms with E-state index in [1.54, 1.807) is 18.3 Å². The molecule has 2 N–H and O–H groups in total. The number of alkyl halides is 2. The molecule has 2 aromatic heterocycles. The van der Waals surface area contributed by atoms with Gasteiger partial charge in [-0.25, -0.2) is 15.0 Å². The topological polar surface area (TPSA) is 83.0 Å². The van der Waals surface area contributed by atoms with E-state index < -0.39 is 11.7 Å². The second-order valence-corrected chi connectivity index (χ2v) is 7.49. The molecule has 0 unspecified atom stereocenters. The van der Waals surface area contributed by atoms with Crippen molar-refractivity contribution in [2.45, 2.75) is 45.0 Å². The Labute approximate surface area is 161 Å². The second kappa shape index (κ2) is 6.35. The van der Waals surface area contributed by atoms with Crippen LogP contribution in [-0.4, -0.2) is 33.9 Å². The number of carbonyl (C=O) groups excluding carboxylic acids is 1. The third-order valence-corrected chi connectivity index (χ3v) is 5.10. The highest BCUT2D eigenvalue weighted by Gasteiger charge is 2.52. The predicted molar refractivity (Wildman–Crippen MR) is 102 cm³/mol. The van der Waals surface area contributed by atoms with Crippen molar-refractivity contribution in [1.29, 1.82) is 0 Å². The maximum Gasteiger partial charge on any atom is 0.303 e. The Morgan fingerprint density at radius 1 is 1.29 bits per heavy atom. The summed E-state index contributed by atoms with van der Waals surface area (Å²) in [4.78, 5) is 25.8. The zero-order valence-electron chi connectivity index (χ0n) is 16.0. The molecule has 1 amide bonds. The standard InChI is InChI=1S/C19H22F2N6O/c1-4-22-15-8-16(26-17(25-15)18(3,20)21)27-10-19(5-6-19)12-9-23-14(7-13(12)27)24-11(2)28/h7-9H,4-6,10H2,1-3H3,(H,22,25,26)(H,23,24,28). The lowest BCUT2D eigenvalue weighted by Gasteiger charge is -2.22. The molecule has 1 aliphatic heterocycles. The molecule has 0 bridgehead atoms. The molecule has 1 spiro atoms. The maximum absolute atomic E-state index is 14.0. The lowest BCUT2D eigenvalue weighted by atomic mass is 10.0. The molecule has 28 heavy (non-hydrogen) atoms. The number of nitrogens with one attached hydrogen (secondary N) is 2. The Kier molecular flexibility index (Phi) is 4.20. The van der Waals surface area contributed by atoms with Crippen LogP contribution in [0.1, 0.15) is 45.0 Å². The molecule has 9 heteroatoms. The molecule has 2 aromatic rings. The van der Waals surface area contributed by atoms with Gasteiger partial charge in [-0.15, -0.1) is 0 Å². The number of hydrogen-bond donors (Lipinski definition) is 2. The molecular formula is C19H22F2N6O. The zero-order chi connectivity index (χ0) is 20.1. The van der Waals surface area contributed by atoms with Gasteiger partial charge in [0.25, 0.3) is 0 Å². The van der Waals surface area contributed by atoms with Crippen molar-refractivity contribution in [3.05, 3.63) is 29.7 Å². The fourth-order valence-electron chi connectivity index (χ4n) is 3.62. The normalized spacial score (nSPS) is 16.8. The van der Waals surface area contributed by atoms with Gasteiger partial charge >= 0.3 is 5.92 Å².